The SMILES string of the molecule is CC(=CCN1CN(C)C2NCNC(N)C21)CC[C@@]1(C)C2=CCCC(C)(C)[C@H]2CC[C@@H]1C. The van der Waals surface area contributed by atoms with Crippen LogP contribution in [0.1, 0.15) is 73.1 Å². The summed E-state index contributed by atoms with van der Waals surface area (Å²) in [6.07, 6.45) is 13.3. The lowest BCUT2D eigenvalue weighted by Gasteiger charge is -2.53. The molecule has 31 heavy (non-hydrogen) atoms. The van der Waals surface area contributed by atoms with Crippen molar-refractivity contribution in [3.05, 3.63) is 23.3 Å². The van der Waals surface area contributed by atoms with E-state index in [0.717, 1.165) is 31.7 Å². The molecule has 3 unspecified atom stereocenters. The van der Waals surface area contributed by atoms with Gasteiger partial charge in [-0.2, -0.15) is 0 Å². The van der Waals surface area contributed by atoms with Gasteiger partial charge in [0.1, 0.15) is 0 Å². The Kier molecular flexibility index (Phi) is 6.73. The smallest absolute Gasteiger partial charge is 0.0804 e. The Morgan fingerprint density at radius 1 is 1.26 bits per heavy atom. The lowest BCUT2D eigenvalue weighted by molar-refractivity contribution is 0.0812. The van der Waals surface area contributed by atoms with E-state index in [9.17, 15) is 0 Å². The molecule has 0 aromatic carbocycles. The second-order valence-corrected chi connectivity index (χ2v) is 11.9. The molecule has 5 nitrogen and oxygen atoms in total. The van der Waals surface area contributed by atoms with Crippen molar-refractivity contribution in [3.63, 3.8) is 0 Å². The fraction of sp³-hybridized carbons (Fsp3) is 0.846. The van der Waals surface area contributed by atoms with E-state index in [-0.39, 0.29) is 6.17 Å². The quantitative estimate of drug-likeness (QED) is 0.580. The Bertz CT molecular complexity index is 713. The topological polar surface area (TPSA) is 56.6 Å². The molecule has 0 spiro atoms. The van der Waals surface area contributed by atoms with Crippen LogP contribution in [0.3, 0.4) is 0 Å². The summed E-state index contributed by atoms with van der Waals surface area (Å²) in [5.41, 5.74) is 10.6. The largest absolute Gasteiger partial charge is 0.314 e. The highest BCUT2D eigenvalue weighted by molar-refractivity contribution is 5.26. The molecule has 2 saturated heterocycles. The number of nitrogens with two attached hydrogens (primary N) is 1. The van der Waals surface area contributed by atoms with Gasteiger partial charge in [0.05, 0.1) is 25.0 Å². The number of allylic oxidation sites excluding steroid dienone is 3. The third-order valence-electron chi connectivity index (χ3n) is 9.46. The number of hydrogen-bond acceptors (Lipinski definition) is 5. The predicted molar refractivity (Wildman–Crippen MR) is 130 cm³/mol. The van der Waals surface area contributed by atoms with E-state index in [1.165, 1.54) is 44.1 Å². The van der Waals surface area contributed by atoms with E-state index >= 15 is 0 Å². The van der Waals surface area contributed by atoms with Crippen molar-refractivity contribution in [1.29, 1.82) is 0 Å². The second-order valence-electron chi connectivity index (χ2n) is 11.9. The van der Waals surface area contributed by atoms with Crippen LogP contribution < -0.4 is 16.4 Å². The molecule has 4 N–H and O–H groups in total. The van der Waals surface area contributed by atoms with E-state index < -0.39 is 0 Å². The molecule has 4 rings (SSSR count). The van der Waals surface area contributed by atoms with Crippen molar-refractivity contribution in [2.45, 2.75) is 91.5 Å². The van der Waals surface area contributed by atoms with Crippen LogP contribution in [0.25, 0.3) is 0 Å². The summed E-state index contributed by atoms with van der Waals surface area (Å²) < 4.78 is 0. The molecule has 3 fully saturated rings. The molecule has 0 radical (unpaired) electrons. The minimum absolute atomic E-state index is 0.0328. The summed E-state index contributed by atoms with van der Waals surface area (Å²) in [6.45, 7) is 15.2. The van der Waals surface area contributed by atoms with Crippen LogP contribution in [-0.2, 0) is 0 Å². The van der Waals surface area contributed by atoms with Crippen LogP contribution in [0.2, 0.25) is 0 Å². The number of nitrogens with one attached hydrogen (secondary N) is 2. The maximum Gasteiger partial charge on any atom is 0.0804 e. The molecule has 0 bridgehead atoms. The summed E-state index contributed by atoms with van der Waals surface area (Å²) in [5.74, 6) is 1.57. The summed E-state index contributed by atoms with van der Waals surface area (Å²) in [4.78, 5) is 4.90. The Hall–Kier alpha value is -0.720. The molecule has 6 atom stereocenters. The molecule has 176 valence electrons. The van der Waals surface area contributed by atoms with Gasteiger partial charge in [-0.25, -0.2) is 0 Å². The highest BCUT2D eigenvalue weighted by Gasteiger charge is 2.47. The monoisotopic (exact) mass is 429 g/mol. The lowest BCUT2D eigenvalue weighted by atomic mass is 9.52. The number of rotatable bonds is 5. The molecule has 2 aliphatic carbocycles. The van der Waals surface area contributed by atoms with Gasteiger partial charge in [-0.05, 0) is 75.2 Å². The first-order chi connectivity index (χ1) is 14.6. The van der Waals surface area contributed by atoms with Crippen LogP contribution in [0.4, 0.5) is 0 Å². The Labute approximate surface area is 190 Å². The normalized spacial score (nSPS) is 41.6. The van der Waals surface area contributed by atoms with E-state index in [0.29, 0.717) is 23.0 Å². The molecule has 2 heterocycles. The fourth-order valence-corrected chi connectivity index (χ4v) is 6.97. The standard InChI is InChI=1S/C26H47N5/c1-18(12-15-31-17-30(6)24-22(31)23(27)28-16-29-24)11-14-26(5)19(2)9-10-20-21(26)8-7-13-25(20,3)4/h8,12,19-20,22-24,28-29H,7,9-11,13-17,27H2,1-6H3/t19-,20-,22?,23?,24?,26+/m0/s1. The lowest BCUT2D eigenvalue weighted by Crippen LogP contribution is -2.67. The van der Waals surface area contributed by atoms with Crippen LogP contribution in [0, 0.1) is 22.7 Å². The number of likely N-dealkylation sites (N-methyl/N-ethyl adjacent to an activating group) is 1. The first kappa shape index (κ1) is 23.4. The first-order valence-electron chi connectivity index (χ1n) is 12.7. The van der Waals surface area contributed by atoms with Crippen molar-refractivity contribution in [2.24, 2.45) is 28.4 Å². The van der Waals surface area contributed by atoms with Gasteiger partial charge < -0.3 is 5.73 Å². The summed E-state index contributed by atoms with van der Waals surface area (Å²) in [6, 6.07) is 0.328. The van der Waals surface area contributed by atoms with Gasteiger partial charge >= 0.3 is 0 Å². The zero-order chi connectivity index (χ0) is 22.4. The third-order valence-corrected chi connectivity index (χ3v) is 9.46. The van der Waals surface area contributed by atoms with Crippen molar-refractivity contribution in [3.8, 4) is 0 Å². The Balaban J connectivity index is 1.40. The molecular weight excluding hydrogens is 382 g/mol. The van der Waals surface area contributed by atoms with Crippen LogP contribution in [0.15, 0.2) is 23.3 Å². The van der Waals surface area contributed by atoms with Gasteiger partial charge in [-0.15, -0.1) is 0 Å². The Morgan fingerprint density at radius 3 is 2.81 bits per heavy atom. The predicted octanol–water partition coefficient (Wildman–Crippen LogP) is 3.85. The zero-order valence-corrected chi connectivity index (χ0v) is 20.9. The fourth-order valence-electron chi connectivity index (χ4n) is 6.97. The van der Waals surface area contributed by atoms with Crippen LogP contribution >= 0.6 is 0 Å². The van der Waals surface area contributed by atoms with Crippen LogP contribution in [-0.4, -0.2) is 55.1 Å². The third kappa shape index (κ3) is 4.41. The minimum atomic E-state index is 0.0328. The van der Waals surface area contributed by atoms with Crippen molar-refractivity contribution >= 4 is 0 Å². The van der Waals surface area contributed by atoms with E-state index in [4.69, 9.17) is 5.73 Å². The number of nitrogens with zero attached hydrogens (tertiary/aromatic N) is 2. The van der Waals surface area contributed by atoms with Gasteiger partial charge in [-0.3, -0.25) is 20.4 Å². The van der Waals surface area contributed by atoms with Crippen molar-refractivity contribution in [2.75, 3.05) is 26.9 Å². The highest BCUT2D eigenvalue weighted by atomic mass is 15.5. The highest BCUT2D eigenvalue weighted by Crippen LogP contribution is 2.58. The van der Waals surface area contributed by atoms with Gasteiger partial charge in [0.2, 0.25) is 0 Å². The van der Waals surface area contributed by atoms with Gasteiger partial charge in [0, 0.05) is 13.2 Å². The average Bonchev–Trinajstić information content (AvgIpc) is 3.05. The van der Waals surface area contributed by atoms with E-state index in [1.807, 2.05) is 0 Å². The number of fused-ring (bicyclic) bond motifs is 2. The molecule has 1 saturated carbocycles. The second kappa shape index (κ2) is 8.90. The van der Waals surface area contributed by atoms with Crippen LogP contribution in [0.5, 0.6) is 0 Å². The van der Waals surface area contributed by atoms with Gasteiger partial charge in [-0.1, -0.05) is 51.0 Å². The molecule has 0 aromatic rings. The maximum atomic E-state index is 6.41. The molecular formula is C26H47N5. The van der Waals surface area contributed by atoms with Crippen molar-refractivity contribution in [1.82, 2.24) is 20.4 Å². The molecule has 2 aliphatic heterocycles. The zero-order valence-electron chi connectivity index (χ0n) is 20.9. The van der Waals surface area contributed by atoms with E-state index in [2.05, 4.69) is 74.3 Å². The first-order valence-corrected chi connectivity index (χ1v) is 12.7. The summed E-state index contributed by atoms with van der Waals surface area (Å²) in [5, 5.41) is 6.93. The molecule has 0 amide bonds. The maximum absolute atomic E-state index is 6.41. The molecule has 5 heteroatoms. The van der Waals surface area contributed by atoms with Gasteiger partial charge in [0.25, 0.3) is 0 Å². The van der Waals surface area contributed by atoms with E-state index in [1.54, 1.807) is 5.57 Å². The van der Waals surface area contributed by atoms with Gasteiger partial charge in [0.15, 0.2) is 0 Å². The number of hydrogen-bond donors (Lipinski definition) is 3. The molecule has 4 aliphatic rings. The minimum Gasteiger partial charge on any atom is -0.314 e. The summed E-state index contributed by atoms with van der Waals surface area (Å²) in [7, 11) is 2.19. The Morgan fingerprint density at radius 2 is 2.03 bits per heavy atom. The average molecular weight is 430 g/mol. The molecule has 0 aromatic heterocycles. The van der Waals surface area contributed by atoms with Crippen molar-refractivity contribution < 1.29 is 0 Å². The summed E-state index contributed by atoms with van der Waals surface area (Å²) >= 11 is 0.